The van der Waals surface area contributed by atoms with Crippen LogP contribution < -0.4 is 5.76 Å². The quantitative estimate of drug-likeness (QED) is 0.876. The fourth-order valence-electron chi connectivity index (χ4n) is 1.77. The molecule has 2 aromatic rings. The highest BCUT2D eigenvalue weighted by Crippen LogP contribution is 2.15. The van der Waals surface area contributed by atoms with Gasteiger partial charge in [-0.2, -0.15) is 0 Å². The molecule has 1 heterocycles. The number of nitrogens with zero attached hydrogens (tertiary/aromatic N) is 1. The summed E-state index contributed by atoms with van der Waals surface area (Å²) < 4.78 is 6.55. The van der Waals surface area contributed by atoms with Crippen LogP contribution in [0.15, 0.2) is 27.4 Å². The van der Waals surface area contributed by atoms with E-state index in [1.54, 1.807) is 6.07 Å². The molecule has 0 fully saturated rings. The largest absolute Gasteiger partial charge is 0.481 e. The Balaban J connectivity index is 2.32. The molecule has 0 saturated carbocycles. The first-order valence-corrected chi connectivity index (χ1v) is 5.40. The van der Waals surface area contributed by atoms with Crippen LogP contribution in [0, 0.1) is 6.92 Å². The molecule has 1 aromatic heterocycles. The van der Waals surface area contributed by atoms with Gasteiger partial charge in [-0.3, -0.25) is 9.36 Å². The minimum atomic E-state index is -0.859. The van der Waals surface area contributed by atoms with Crippen molar-refractivity contribution >= 4 is 17.1 Å². The van der Waals surface area contributed by atoms with E-state index in [1.165, 1.54) is 4.57 Å². The summed E-state index contributed by atoms with van der Waals surface area (Å²) in [7, 11) is 0. The van der Waals surface area contributed by atoms with E-state index in [1.807, 2.05) is 19.1 Å². The van der Waals surface area contributed by atoms with Gasteiger partial charge in [0.1, 0.15) is 0 Å². The number of carboxylic acid groups (broad SMARTS) is 1. The number of carboxylic acids is 1. The number of aliphatic carboxylic acids is 1. The summed E-state index contributed by atoms with van der Waals surface area (Å²) in [6.45, 7) is 2.29. The fourth-order valence-corrected chi connectivity index (χ4v) is 1.77. The van der Waals surface area contributed by atoms with Gasteiger partial charge < -0.3 is 9.52 Å². The Labute approximate surface area is 97.3 Å². The minimum absolute atomic E-state index is 0.0466. The van der Waals surface area contributed by atoms with E-state index in [9.17, 15) is 9.59 Å². The second kappa shape index (κ2) is 4.45. The molecule has 90 valence electrons. The van der Waals surface area contributed by atoms with E-state index in [0.29, 0.717) is 18.5 Å². The molecule has 0 amide bonds. The monoisotopic (exact) mass is 235 g/mol. The lowest BCUT2D eigenvalue weighted by Crippen LogP contribution is -2.14. The number of hydrogen-bond acceptors (Lipinski definition) is 3. The van der Waals surface area contributed by atoms with Gasteiger partial charge in [0.25, 0.3) is 0 Å². The maximum Gasteiger partial charge on any atom is 0.419 e. The van der Waals surface area contributed by atoms with Crippen LogP contribution >= 0.6 is 0 Å². The molecule has 2 rings (SSSR count). The number of hydrogen-bond donors (Lipinski definition) is 1. The van der Waals surface area contributed by atoms with E-state index in [-0.39, 0.29) is 6.42 Å². The summed E-state index contributed by atoms with van der Waals surface area (Å²) in [4.78, 5) is 22.0. The SMILES string of the molecule is Cc1ccc2oc(=O)n(CCCC(=O)O)c2c1. The van der Waals surface area contributed by atoms with Crippen LogP contribution in [0.1, 0.15) is 18.4 Å². The van der Waals surface area contributed by atoms with Crippen LogP contribution in [0.3, 0.4) is 0 Å². The third-order valence-corrected chi connectivity index (χ3v) is 2.60. The van der Waals surface area contributed by atoms with Gasteiger partial charge in [0, 0.05) is 13.0 Å². The van der Waals surface area contributed by atoms with Gasteiger partial charge >= 0.3 is 11.7 Å². The molecule has 0 aliphatic rings. The van der Waals surface area contributed by atoms with Crippen LogP contribution in [-0.2, 0) is 11.3 Å². The van der Waals surface area contributed by atoms with Crippen molar-refractivity contribution in [2.24, 2.45) is 0 Å². The molecule has 0 radical (unpaired) electrons. The number of fused-ring (bicyclic) bond motifs is 1. The number of aromatic nitrogens is 1. The molecule has 0 saturated heterocycles. The second-order valence-corrected chi connectivity index (χ2v) is 3.99. The van der Waals surface area contributed by atoms with Crippen molar-refractivity contribution < 1.29 is 14.3 Å². The fraction of sp³-hybridized carbons (Fsp3) is 0.333. The van der Waals surface area contributed by atoms with Gasteiger partial charge in [-0.15, -0.1) is 0 Å². The average Bonchev–Trinajstić information content (AvgIpc) is 2.55. The average molecular weight is 235 g/mol. The third kappa shape index (κ3) is 2.38. The predicted molar refractivity (Wildman–Crippen MR) is 62.1 cm³/mol. The number of oxazole rings is 1. The van der Waals surface area contributed by atoms with E-state index in [2.05, 4.69) is 0 Å². The Morgan fingerprint density at radius 1 is 1.47 bits per heavy atom. The first-order chi connectivity index (χ1) is 8.08. The third-order valence-electron chi connectivity index (χ3n) is 2.60. The summed E-state index contributed by atoms with van der Waals surface area (Å²) in [5, 5.41) is 8.56. The van der Waals surface area contributed by atoms with Crippen molar-refractivity contribution in [3.63, 3.8) is 0 Å². The minimum Gasteiger partial charge on any atom is -0.481 e. The van der Waals surface area contributed by atoms with Gasteiger partial charge in [-0.05, 0) is 31.0 Å². The normalized spacial score (nSPS) is 10.9. The van der Waals surface area contributed by atoms with E-state index in [4.69, 9.17) is 9.52 Å². The second-order valence-electron chi connectivity index (χ2n) is 3.99. The van der Waals surface area contributed by atoms with E-state index >= 15 is 0 Å². The van der Waals surface area contributed by atoms with Crippen LogP contribution in [0.5, 0.6) is 0 Å². The zero-order valence-corrected chi connectivity index (χ0v) is 9.47. The number of rotatable bonds is 4. The Bertz CT molecular complexity index is 608. The summed E-state index contributed by atoms with van der Waals surface area (Å²) in [6.07, 6.45) is 0.461. The van der Waals surface area contributed by atoms with Crippen molar-refractivity contribution in [1.29, 1.82) is 0 Å². The van der Waals surface area contributed by atoms with Gasteiger partial charge in [0.15, 0.2) is 5.58 Å². The maximum atomic E-state index is 11.6. The van der Waals surface area contributed by atoms with E-state index < -0.39 is 11.7 Å². The lowest BCUT2D eigenvalue weighted by molar-refractivity contribution is -0.137. The molecular formula is C12H13NO4. The van der Waals surface area contributed by atoms with Gasteiger partial charge in [-0.1, -0.05) is 6.07 Å². The van der Waals surface area contributed by atoms with Crippen molar-refractivity contribution in [1.82, 2.24) is 4.57 Å². The maximum absolute atomic E-state index is 11.6. The van der Waals surface area contributed by atoms with Crippen LogP contribution in [-0.4, -0.2) is 15.6 Å². The summed E-state index contributed by atoms with van der Waals surface area (Å²) >= 11 is 0. The lowest BCUT2D eigenvalue weighted by Gasteiger charge is -2.00. The molecule has 17 heavy (non-hydrogen) atoms. The van der Waals surface area contributed by atoms with E-state index in [0.717, 1.165) is 11.1 Å². The van der Waals surface area contributed by atoms with Crippen molar-refractivity contribution in [3.05, 3.63) is 34.3 Å². The predicted octanol–water partition coefficient (Wildman–Crippen LogP) is 1.77. The highest BCUT2D eigenvalue weighted by molar-refractivity contribution is 5.73. The molecule has 0 aliphatic carbocycles. The number of carbonyl (C=O) groups is 1. The van der Waals surface area contributed by atoms with Crippen LogP contribution in [0.2, 0.25) is 0 Å². The zero-order chi connectivity index (χ0) is 12.4. The molecule has 0 aliphatic heterocycles. The highest BCUT2D eigenvalue weighted by Gasteiger charge is 2.09. The Hall–Kier alpha value is -2.04. The molecule has 1 N–H and O–H groups in total. The Morgan fingerprint density at radius 2 is 2.24 bits per heavy atom. The number of benzene rings is 1. The standard InChI is InChI=1S/C12H13NO4/c1-8-4-5-10-9(7-8)13(12(16)17-10)6-2-3-11(14)15/h4-5,7H,2-3,6H2,1H3,(H,14,15). The summed E-state index contributed by atoms with van der Waals surface area (Å²) in [5.74, 6) is -1.29. The van der Waals surface area contributed by atoms with Crippen LogP contribution in [0.4, 0.5) is 0 Å². The van der Waals surface area contributed by atoms with Crippen molar-refractivity contribution in [3.8, 4) is 0 Å². The molecule has 0 unspecified atom stereocenters. The van der Waals surface area contributed by atoms with Gasteiger partial charge in [-0.25, -0.2) is 4.79 Å². The molecule has 0 bridgehead atoms. The zero-order valence-electron chi connectivity index (χ0n) is 9.47. The van der Waals surface area contributed by atoms with Crippen LogP contribution in [0.25, 0.3) is 11.1 Å². The van der Waals surface area contributed by atoms with Gasteiger partial charge in [0.05, 0.1) is 5.52 Å². The first-order valence-electron chi connectivity index (χ1n) is 5.40. The molecule has 5 nitrogen and oxygen atoms in total. The molecule has 1 aromatic carbocycles. The molecule has 0 atom stereocenters. The molecular weight excluding hydrogens is 222 g/mol. The summed E-state index contributed by atoms with van der Waals surface area (Å²) in [6, 6.07) is 5.48. The topological polar surface area (TPSA) is 72.4 Å². The molecule has 5 heteroatoms. The summed E-state index contributed by atoms with van der Waals surface area (Å²) in [5.41, 5.74) is 2.29. The number of aryl methyl sites for hydroxylation is 2. The smallest absolute Gasteiger partial charge is 0.419 e. The highest BCUT2D eigenvalue weighted by atomic mass is 16.4. The van der Waals surface area contributed by atoms with Crippen molar-refractivity contribution in [2.75, 3.05) is 0 Å². The first kappa shape index (κ1) is 11.4. The van der Waals surface area contributed by atoms with Crippen molar-refractivity contribution in [2.45, 2.75) is 26.3 Å². The lowest BCUT2D eigenvalue weighted by atomic mass is 10.2. The molecule has 0 spiro atoms. The Kier molecular flexibility index (Phi) is 2.99. The Morgan fingerprint density at radius 3 is 2.94 bits per heavy atom. The van der Waals surface area contributed by atoms with Gasteiger partial charge in [0.2, 0.25) is 0 Å².